The van der Waals surface area contributed by atoms with Crippen LogP contribution in [0.3, 0.4) is 0 Å². The van der Waals surface area contributed by atoms with Gasteiger partial charge in [0, 0.05) is 17.5 Å². The molecule has 90 valence electrons. The first-order chi connectivity index (χ1) is 7.85. The van der Waals surface area contributed by atoms with E-state index in [1.807, 2.05) is 12.2 Å². The van der Waals surface area contributed by atoms with Crippen molar-refractivity contribution in [1.29, 1.82) is 0 Å². The topological polar surface area (TPSA) is 60.8 Å². The lowest BCUT2D eigenvalue weighted by molar-refractivity contribution is 0.729. The number of nitrogens with zero attached hydrogens (tertiary/aromatic N) is 3. The molecule has 0 amide bonds. The Balaban J connectivity index is 0.000000288. The van der Waals surface area contributed by atoms with Crippen molar-refractivity contribution in [3.05, 3.63) is 35.8 Å². The maximum Gasteiger partial charge on any atom is 0.0258 e. The Morgan fingerprint density at radius 2 is 2.25 bits per heavy atom. The summed E-state index contributed by atoms with van der Waals surface area (Å²) in [6.45, 7) is 9.05. The number of hydrogen-bond acceptors (Lipinski definition) is 2. The Hall–Kier alpha value is -1.25. The molecule has 0 aliphatic carbocycles. The third-order valence-electron chi connectivity index (χ3n) is 2.36. The van der Waals surface area contributed by atoms with Crippen LogP contribution in [0.2, 0.25) is 0 Å². The molecule has 0 aromatic heterocycles. The average Bonchev–Trinajstić information content (AvgIpc) is 2.83. The summed E-state index contributed by atoms with van der Waals surface area (Å²) >= 11 is 0. The number of unbranched alkanes of at least 4 members (excludes halogenated alkanes) is 2. The monoisotopic (exact) mass is 222 g/mol. The molecule has 1 unspecified atom stereocenters. The highest BCUT2D eigenvalue weighted by Crippen LogP contribution is 2.03. The zero-order chi connectivity index (χ0) is 12.1. The smallest absolute Gasteiger partial charge is 0.0258 e. The van der Waals surface area contributed by atoms with E-state index in [0.29, 0.717) is 12.6 Å². The molecule has 0 aromatic carbocycles. The van der Waals surface area contributed by atoms with Gasteiger partial charge in [-0.3, -0.25) is 0 Å². The Labute approximate surface area is 98.1 Å². The SMILES string of the molecule is C=CC1CCCN1.C=CCCCCN=[N+]=[N-]. The Kier molecular flexibility index (Phi) is 10.9. The second kappa shape index (κ2) is 11.8. The fourth-order valence-corrected chi connectivity index (χ4v) is 1.43. The molecule has 0 saturated carbocycles. The van der Waals surface area contributed by atoms with Gasteiger partial charge < -0.3 is 5.32 Å². The molecule has 1 atom stereocenters. The van der Waals surface area contributed by atoms with Gasteiger partial charge in [-0.15, -0.1) is 13.2 Å². The van der Waals surface area contributed by atoms with Crippen LogP contribution in [0.15, 0.2) is 30.4 Å². The van der Waals surface area contributed by atoms with Crippen LogP contribution in [-0.2, 0) is 0 Å². The van der Waals surface area contributed by atoms with E-state index in [1.165, 1.54) is 19.4 Å². The number of rotatable bonds is 6. The molecule has 0 aromatic rings. The summed E-state index contributed by atoms with van der Waals surface area (Å²) < 4.78 is 0. The van der Waals surface area contributed by atoms with Gasteiger partial charge >= 0.3 is 0 Å². The van der Waals surface area contributed by atoms with Crippen LogP contribution < -0.4 is 5.32 Å². The van der Waals surface area contributed by atoms with E-state index >= 15 is 0 Å². The largest absolute Gasteiger partial charge is 0.311 e. The highest BCUT2D eigenvalue weighted by atomic mass is 15.1. The second-order valence-corrected chi connectivity index (χ2v) is 3.68. The zero-order valence-electron chi connectivity index (χ0n) is 9.94. The molecule has 4 heteroatoms. The van der Waals surface area contributed by atoms with E-state index in [1.54, 1.807) is 0 Å². The molecule has 1 rings (SSSR count). The zero-order valence-corrected chi connectivity index (χ0v) is 9.94. The van der Waals surface area contributed by atoms with Crippen LogP contribution in [0.5, 0.6) is 0 Å². The van der Waals surface area contributed by atoms with E-state index in [2.05, 4.69) is 28.5 Å². The molecular weight excluding hydrogens is 200 g/mol. The first-order valence-electron chi connectivity index (χ1n) is 5.82. The number of hydrogen-bond donors (Lipinski definition) is 1. The maximum absolute atomic E-state index is 7.86. The lowest BCUT2D eigenvalue weighted by Crippen LogP contribution is -2.17. The minimum atomic E-state index is 0.611. The third-order valence-corrected chi connectivity index (χ3v) is 2.36. The summed E-state index contributed by atoms with van der Waals surface area (Å²) in [5.74, 6) is 0. The van der Waals surface area contributed by atoms with Crippen LogP contribution in [0, 0.1) is 0 Å². The van der Waals surface area contributed by atoms with Crippen LogP contribution in [0.1, 0.15) is 32.1 Å². The van der Waals surface area contributed by atoms with Crippen LogP contribution in [0.4, 0.5) is 0 Å². The summed E-state index contributed by atoms with van der Waals surface area (Å²) in [6, 6.07) is 0.611. The van der Waals surface area contributed by atoms with Gasteiger partial charge in [-0.25, -0.2) is 0 Å². The second-order valence-electron chi connectivity index (χ2n) is 3.68. The van der Waals surface area contributed by atoms with Crippen molar-refractivity contribution in [2.24, 2.45) is 5.11 Å². The van der Waals surface area contributed by atoms with E-state index in [9.17, 15) is 0 Å². The standard InChI is InChI=1S/C6H11N3.C6H11N/c1-2-3-4-5-6-8-9-7;1-2-6-4-3-5-7-6/h2H,1,3-6H2;2,6-7H,1,3-5H2. The van der Waals surface area contributed by atoms with Crippen molar-refractivity contribution in [2.45, 2.75) is 38.1 Å². The molecule has 1 saturated heterocycles. The fraction of sp³-hybridized carbons (Fsp3) is 0.667. The summed E-state index contributed by atoms with van der Waals surface area (Å²) in [6.07, 6.45) is 9.50. The van der Waals surface area contributed by atoms with Gasteiger partial charge in [0.25, 0.3) is 0 Å². The minimum absolute atomic E-state index is 0.611. The molecule has 0 radical (unpaired) electrons. The first-order valence-corrected chi connectivity index (χ1v) is 5.82. The van der Waals surface area contributed by atoms with Gasteiger partial charge in [-0.2, -0.15) is 0 Å². The van der Waals surface area contributed by atoms with Crippen molar-refractivity contribution >= 4 is 0 Å². The van der Waals surface area contributed by atoms with Crippen LogP contribution in [-0.4, -0.2) is 19.1 Å². The first kappa shape index (κ1) is 14.8. The predicted molar refractivity (Wildman–Crippen MR) is 69.3 cm³/mol. The van der Waals surface area contributed by atoms with E-state index < -0.39 is 0 Å². The lowest BCUT2D eigenvalue weighted by atomic mass is 10.2. The molecule has 1 N–H and O–H groups in total. The Bertz CT molecular complexity index is 225. The highest BCUT2D eigenvalue weighted by Gasteiger charge is 2.07. The molecule has 0 bridgehead atoms. The van der Waals surface area contributed by atoms with Gasteiger partial charge in [0.05, 0.1) is 0 Å². The fourth-order valence-electron chi connectivity index (χ4n) is 1.43. The minimum Gasteiger partial charge on any atom is -0.311 e. The quantitative estimate of drug-likeness (QED) is 0.241. The van der Waals surface area contributed by atoms with Crippen molar-refractivity contribution < 1.29 is 0 Å². The molecule has 0 spiro atoms. The maximum atomic E-state index is 7.86. The number of azide groups is 1. The summed E-state index contributed by atoms with van der Waals surface area (Å²) in [7, 11) is 0. The molecule has 16 heavy (non-hydrogen) atoms. The van der Waals surface area contributed by atoms with Gasteiger partial charge in [0.1, 0.15) is 0 Å². The molecule has 1 fully saturated rings. The van der Waals surface area contributed by atoms with Crippen molar-refractivity contribution in [3.8, 4) is 0 Å². The molecule has 1 aliphatic rings. The van der Waals surface area contributed by atoms with Gasteiger partial charge in [-0.05, 0) is 44.2 Å². The molecule has 4 nitrogen and oxygen atoms in total. The van der Waals surface area contributed by atoms with Crippen LogP contribution in [0.25, 0.3) is 10.4 Å². The van der Waals surface area contributed by atoms with Crippen molar-refractivity contribution in [3.63, 3.8) is 0 Å². The van der Waals surface area contributed by atoms with E-state index in [-0.39, 0.29) is 0 Å². The normalized spacial score (nSPS) is 17.9. The summed E-state index contributed by atoms with van der Waals surface area (Å²) in [4.78, 5) is 2.63. The van der Waals surface area contributed by atoms with Crippen molar-refractivity contribution in [1.82, 2.24) is 5.32 Å². The predicted octanol–water partition coefficient (Wildman–Crippen LogP) is 3.58. The van der Waals surface area contributed by atoms with Crippen molar-refractivity contribution in [2.75, 3.05) is 13.1 Å². The van der Waals surface area contributed by atoms with Crippen LogP contribution >= 0.6 is 0 Å². The van der Waals surface area contributed by atoms with Gasteiger partial charge in [-0.1, -0.05) is 17.3 Å². The van der Waals surface area contributed by atoms with Gasteiger partial charge in [0.15, 0.2) is 0 Å². The summed E-state index contributed by atoms with van der Waals surface area (Å²) in [5, 5.41) is 6.68. The summed E-state index contributed by atoms with van der Waals surface area (Å²) in [5.41, 5.74) is 7.86. The van der Waals surface area contributed by atoms with E-state index in [4.69, 9.17) is 5.53 Å². The Morgan fingerprint density at radius 3 is 2.69 bits per heavy atom. The number of nitrogens with one attached hydrogen (secondary N) is 1. The molecule has 1 heterocycles. The Morgan fingerprint density at radius 1 is 1.44 bits per heavy atom. The highest BCUT2D eigenvalue weighted by molar-refractivity contribution is 4.88. The number of allylic oxidation sites excluding steroid dienone is 1. The van der Waals surface area contributed by atoms with E-state index in [0.717, 1.165) is 19.3 Å². The van der Waals surface area contributed by atoms with Gasteiger partial charge in [0.2, 0.25) is 0 Å². The lowest BCUT2D eigenvalue weighted by Gasteiger charge is -1.97. The third kappa shape index (κ3) is 9.31. The molecular formula is C12H22N4. The molecule has 1 aliphatic heterocycles. The average molecular weight is 222 g/mol.